The molecule has 0 unspecified atom stereocenters. The van der Waals surface area contributed by atoms with Gasteiger partial charge in [0.1, 0.15) is 0 Å². The zero-order chi connectivity index (χ0) is 20.5. The molecule has 0 spiro atoms. The van der Waals surface area contributed by atoms with Crippen LogP contribution in [0.5, 0.6) is 0 Å². The second kappa shape index (κ2) is 10.2. The Morgan fingerprint density at radius 1 is 1.25 bits per heavy atom. The highest BCUT2D eigenvalue weighted by atomic mass is 16.6. The average Bonchev–Trinajstić information content (AvgIpc) is 2.66. The van der Waals surface area contributed by atoms with Crippen LogP contribution in [0.3, 0.4) is 0 Å². The number of nitrogens with one attached hydrogen (secondary N) is 2. The molecule has 0 heterocycles. The van der Waals surface area contributed by atoms with Crippen molar-refractivity contribution in [2.45, 2.75) is 38.6 Å². The fraction of sp³-hybridized carbons (Fsp3) is 0.421. The molecule has 0 aromatic heterocycles. The molecule has 3 amide bonds. The van der Waals surface area contributed by atoms with Gasteiger partial charge in [0.2, 0.25) is 0 Å². The fourth-order valence-electron chi connectivity index (χ4n) is 3.04. The van der Waals surface area contributed by atoms with E-state index < -0.39 is 29.4 Å². The van der Waals surface area contributed by atoms with Gasteiger partial charge in [-0.2, -0.15) is 0 Å². The maximum absolute atomic E-state index is 11.9. The van der Waals surface area contributed by atoms with E-state index in [2.05, 4.69) is 17.6 Å². The molecule has 28 heavy (non-hydrogen) atoms. The standard InChI is InChI=1S/C19H23N3O6/c1-13-6-2-4-8-15(13)20-19(25)21-17(23)12-28-18(24)11-10-14-7-3-5-9-16(14)22(26)27/h3,5,7,9-11,13,15H,2,4,6,8,12H2,1H3,(H2,20,21,23,25)/b11-10+/t13-,15-/m0/s1. The molecule has 1 aliphatic carbocycles. The molecule has 1 aromatic rings. The smallest absolute Gasteiger partial charge is 0.331 e. The summed E-state index contributed by atoms with van der Waals surface area (Å²) in [5.74, 6) is -1.26. The van der Waals surface area contributed by atoms with Crippen LogP contribution in [0.2, 0.25) is 0 Å². The quantitative estimate of drug-likeness (QED) is 0.333. The minimum Gasteiger partial charge on any atom is -0.452 e. The Bertz CT molecular complexity index is 777. The minimum atomic E-state index is -0.852. The third kappa shape index (κ3) is 6.49. The van der Waals surface area contributed by atoms with Crippen LogP contribution in [-0.4, -0.2) is 35.5 Å². The first-order valence-electron chi connectivity index (χ1n) is 9.05. The van der Waals surface area contributed by atoms with Gasteiger partial charge in [0.05, 0.1) is 10.5 Å². The summed E-state index contributed by atoms with van der Waals surface area (Å²) in [4.78, 5) is 45.6. The summed E-state index contributed by atoms with van der Waals surface area (Å²) in [5.41, 5.74) is 0.0767. The lowest BCUT2D eigenvalue weighted by Gasteiger charge is -2.29. The summed E-state index contributed by atoms with van der Waals surface area (Å²) in [6, 6.07) is 5.30. The first-order chi connectivity index (χ1) is 13.4. The number of nitro groups is 1. The van der Waals surface area contributed by atoms with Crippen LogP contribution in [-0.2, 0) is 14.3 Å². The van der Waals surface area contributed by atoms with Crippen LogP contribution in [0.4, 0.5) is 10.5 Å². The molecule has 2 rings (SSSR count). The van der Waals surface area contributed by atoms with Crippen molar-refractivity contribution in [1.82, 2.24) is 10.6 Å². The number of carbonyl (C=O) groups is 3. The van der Waals surface area contributed by atoms with Crippen LogP contribution in [0.15, 0.2) is 30.3 Å². The normalized spacial score (nSPS) is 19.0. The predicted molar refractivity (Wildman–Crippen MR) is 101 cm³/mol. The summed E-state index contributed by atoms with van der Waals surface area (Å²) >= 11 is 0. The van der Waals surface area contributed by atoms with Crippen LogP contribution in [0.1, 0.15) is 38.2 Å². The molecule has 2 atom stereocenters. The van der Waals surface area contributed by atoms with E-state index in [0.717, 1.165) is 31.8 Å². The van der Waals surface area contributed by atoms with E-state index in [4.69, 9.17) is 4.74 Å². The zero-order valence-corrected chi connectivity index (χ0v) is 15.6. The number of imide groups is 1. The van der Waals surface area contributed by atoms with Gasteiger partial charge < -0.3 is 10.1 Å². The Hall–Kier alpha value is -3.23. The molecule has 0 radical (unpaired) electrons. The third-order valence-corrected chi connectivity index (χ3v) is 4.56. The number of urea groups is 1. The van der Waals surface area contributed by atoms with Crippen LogP contribution in [0, 0.1) is 16.0 Å². The van der Waals surface area contributed by atoms with Gasteiger partial charge >= 0.3 is 12.0 Å². The van der Waals surface area contributed by atoms with Crippen molar-refractivity contribution in [2.75, 3.05) is 6.61 Å². The van der Waals surface area contributed by atoms with Crippen molar-refractivity contribution in [3.05, 3.63) is 46.0 Å². The molecule has 2 N–H and O–H groups in total. The van der Waals surface area contributed by atoms with Crippen molar-refractivity contribution < 1.29 is 24.0 Å². The summed E-state index contributed by atoms with van der Waals surface area (Å²) < 4.78 is 4.75. The Morgan fingerprint density at radius 3 is 2.68 bits per heavy atom. The Kier molecular flexibility index (Phi) is 7.67. The zero-order valence-electron chi connectivity index (χ0n) is 15.6. The maximum Gasteiger partial charge on any atom is 0.331 e. The fourth-order valence-corrected chi connectivity index (χ4v) is 3.04. The molecule has 0 aliphatic heterocycles. The van der Waals surface area contributed by atoms with Crippen molar-refractivity contribution in [2.24, 2.45) is 5.92 Å². The Labute approximate surface area is 162 Å². The summed E-state index contributed by atoms with van der Waals surface area (Å²) in [5, 5.41) is 15.8. The molecule has 1 fully saturated rings. The van der Waals surface area contributed by atoms with Gasteiger partial charge in [0.25, 0.3) is 11.6 Å². The van der Waals surface area contributed by atoms with Crippen molar-refractivity contribution in [3.63, 3.8) is 0 Å². The second-order valence-corrected chi connectivity index (χ2v) is 6.65. The number of hydrogen-bond acceptors (Lipinski definition) is 6. The lowest BCUT2D eigenvalue weighted by Crippen LogP contribution is -2.48. The van der Waals surface area contributed by atoms with Gasteiger partial charge in [-0.3, -0.25) is 20.2 Å². The molecule has 150 valence electrons. The number of nitrogens with zero attached hydrogens (tertiary/aromatic N) is 1. The molecule has 1 saturated carbocycles. The summed E-state index contributed by atoms with van der Waals surface area (Å²) in [6.07, 6.45) is 6.29. The van der Waals surface area contributed by atoms with Crippen molar-refractivity contribution >= 4 is 29.7 Å². The number of nitro benzene ring substituents is 1. The van der Waals surface area contributed by atoms with Gasteiger partial charge in [0, 0.05) is 18.2 Å². The highest BCUT2D eigenvalue weighted by Gasteiger charge is 2.23. The molecule has 0 bridgehead atoms. The third-order valence-electron chi connectivity index (χ3n) is 4.56. The Balaban J connectivity index is 1.77. The molecule has 9 heteroatoms. The lowest BCUT2D eigenvalue weighted by atomic mass is 9.86. The van der Waals surface area contributed by atoms with Gasteiger partial charge in [-0.05, 0) is 30.9 Å². The summed E-state index contributed by atoms with van der Waals surface area (Å²) in [7, 11) is 0. The van der Waals surface area contributed by atoms with Crippen molar-refractivity contribution in [3.8, 4) is 0 Å². The van der Waals surface area contributed by atoms with E-state index in [0.29, 0.717) is 5.92 Å². The minimum absolute atomic E-state index is 0.0219. The van der Waals surface area contributed by atoms with Gasteiger partial charge in [-0.25, -0.2) is 9.59 Å². The van der Waals surface area contributed by atoms with E-state index >= 15 is 0 Å². The van der Waals surface area contributed by atoms with Crippen molar-refractivity contribution in [1.29, 1.82) is 0 Å². The van der Waals surface area contributed by atoms with E-state index in [1.807, 2.05) is 0 Å². The first-order valence-corrected chi connectivity index (χ1v) is 9.05. The number of para-hydroxylation sites is 1. The predicted octanol–water partition coefficient (Wildman–Crippen LogP) is 2.56. The van der Waals surface area contributed by atoms with Crippen LogP contribution < -0.4 is 10.6 Å². The number of carbonyl (C=O) groups excluding carboxylic acids is 3. The maximum atomic E-state index is 11.9. The number of rotatable bonds is 6. The first kappa shape index (κ1) is 21.1. The van der Waals surface area contributed by atoms with Crippen LogP contribution >= 0.6 is 0 Å². The summed E-state index contributed by atoms with van der Waals surface area (Å²) in [6.45, 7) is 1.42. The van der Waals surface area contributed by atoms with Gasteiger partial charge in [-0.15, -0.1) is 0 Å². The second-order valence-electron chi connectivity index (χ2n) is 6.65. The number of hydrogen-bond donors (Lipinski definition) is 2. The van der Waals surface area contributed by atoms with E-state index in [-0.39, 0.29) is 17.3 Å². The van der Waals surface area contributed by atoms with E-state index in [9.17, 15) is 24.5 Å². The number of amides is 3. The average molecular weight is 389 g/mol. The molecule has 9 nitrogen and oxygen atoms in total. The molecule has 0 saturated heterocycles. The van der Waals surface area contributed by atoms with Crippen LogP contribution in [0.25, 0.3) is 6.08 Å². The molecular formula is C19H23N3O6. The van der Waals surface area contributed by atoms with Gasteiger partial charge in [0.15, 0.2) is 6.61 Å². The largest absolute Gasteiger partial charge is 0.452 e. The lowest BCUT2D eigenvalue weighted by molar-refractivity contribution is -0.385. The molecule has 1 aromatic carbocycles. The van der Waals surface area contributed by atoms with E-state index in [1.165, 1.54) is 24.3 Å². The topological polar surface area (TPSA) is 128 Å². The van der Waals surface area contributed by atoms with Gasteiger partial charge in [-0.1, -0.05) is 31.9 Å². The highest BCUT2D eigenvalue weighted by molar-refractivity contribution is 5.96. The SMILES string of the molecule is C[C@H]1CCCC[C@@H]1NC(=O)NC(=O)COC(=O)/C=C/c1ccccc1[N+](=O)[O-]. The Morgan fingerprint density at radius 2 is 1.96 bits per heavy atom. The molecular weight excluding hydrogens is 366 g/mol. The monoisotopic (exact) mass is 389 g/mol. The van der Waals surface area contributed by atoms with E-state index in [1.54, 1.807) is 6.07 Å². The number of benzene rings is 1. The highest BCUT2D eigenvalue weighted by Crippen LogP contribution is 2.23. The number of esters is 1. The number of ether oxygens (including phenoxy) is 1. The molecule has 1 aliphatic rings.